The van der Waals surface area contributed by atoms with Gasteiger partial charge in [0, 0.05) is 42.4 Å². The minimum Gasteiger partial charge on any atom is -0.363 e. The third-order valence-corrected chi connectivity index (χ3v) is 5.32. The Morgan fingerprint density at radius 1 is 1.11 bits per heavy atom. The van der Waals surface area contributed by atoms with E-state index in [1.807, 2.05) is 55.4 Å². The summed E-state index contributed by atoms with van der Waals surface area (Å²) in [7, 11) is 3.88. The Hall–Kier alpha value is -2.38. The van der Waals surface area contributed by atoms with Crippen molar-refractivity contribution in [2.45, 2.75) is 16.5 Å². The molecule has 0 aliphatic heterocycles. The molecule has 0 atom stereocenters. The largest absolute Gasteiger partial charge is 0.363 e. The summed E-state index contributed by atoms with van der Waals surface area (Å²) < 4.78 is 1.01. The molecule has 0 saturated carbocycles. The normalized spacial score (nSPS) is 10.5. The number of pyridine rings is 2. The van der Waals surface area contributed by atoms with Crippen molar-refractivity contribution in [2.24, 2.45) is 0 Å². The van der Waals surface area contributed by atoms with Gasteiger partial charge in [0.1, 0.15) is 10.8 Å². The minimum absolute atomic E-state index is 0.153. The van der Waals surface area contributed by atoms with Crippen LogP contribution in [-0.2, 0) is 6.54 Å². The van der Waals surface area contributed by atoms with Crippen LogP contribution in [0.5, 0.6) is 0 Å². The van der Waals surface area contributed by atoms with Gasteiger partial charge in [-0.25, -0.2) is 9.97 Å². The van der Waals surface area contributed by atoms with Crippen LogP contribution in [0, 0.1) is 0 Å². The van der Waals surface area contributed by atoms with Gasteiger partial charge in [-0.3, -0.25) is 4.79 Å². The number of nitrogens with one attached hydrogen (secondary N) is 1. The Labute approximate surface area is 171 Å². The molecule has 138 valence electrons. The number of hydrogen-bond acceptors (Lipinski definition) is 5. The van der Waals surface area contributed by atoms with E-state index in [-0.39, 0.29) is 5.91 Å². The van der Waals surface area contributed by atoms with E-state index in [2.05, 4.69) is 31.2 Å². The molecule has 0 spiro atoms. The average molecular weight is 443 g/mol. The first-order chi connectivity index (χ1) is 13.0. The molecular weight excluding hydrogens is 424 g/mol. The smallest absolute Gasteiger partial charge is 0.254 e. The Balaban J connectivity index is 1.68. The number of carbonyl (C=O) groups is 1. The molecule has 7 heteroatoms. The van der Waals surface area contributed by atoms with Crippen LogP contribution in [0.15, 0.2) is 75.3 Å². The number of nitrogens with zero attached hydrogens (tertiary/aromatic N) is 3. The molecule has 0 bridgehead atoms. The monoisotopic (exact) mass is 442 g/mol. The molecule has 1 amide bonds. The third kappa shape index (κ3) is 5.30. The van der Waals surface area contributed by atoms with Gasteiger partial charge in [0.05, 0.1) is 5.56 Å². The highest BCUT2D eigenvalue weighted by molar-refractivity contribution is 9.10. The van der Waals surface area contributed by atoms with Gasteiger partial charge in [0.15, 0.2) is 0 Å². The summed E-state index contributed by atoms with van der Waals surface area (Å²) in [6.45, 7) is 0.414. The van der Waals surface area contributed by atoms with Crippen LogP contribution >= 0.6 is 27.7 Å². The number of carbonyl (C=O) groups excluding carboxylic acids is 1. The highest BCUT2D eigenvalue weighted by Crippen LogP contribution is 2.29. The zero-order valence-corrected chi connectivity index (χ0v) is 17.4. The fourth-order valence-corrected chi connectivity index (χ4v) is 3.47. The quantitative estimate of drug-likeness (QED) is 0.613. The Kier molecular flexibility index (Phi) is 6.47. The lowest BCUT2D eigenvalue weighted by molar-refractivity contribution is 0.0947. The van der Waals surface area contributed by atoms with E-state index in [4.69, 9.17) is 0 Å². The molecule has 1 N–H and O–H groups in total. The highest BCUT2D eigenvalue weighted by Gasteiger charge is 2.13. The summed E-state index contributed by atoms with van der Waals surface area (Å²) in [5.74, 6) is 0.727. The zero-order chi connectivity index (χ0) is 19.2. The van der Waals surface area contributed by atoms with E-state index < -0.39 is 0 Å². The number of aromatic nitrogens is 2. The van der Waals surface area contributed by atoms with Crippen LogP contribution in [0.3, 0.4) is 0 Å². The predicted octanol–water partition coefficient (Wildman–Crippen LogP) is 4.39. The molecule has 5 nitrogen and oxygen atoms in total. The maximum absolute atomic E-state index is 12.7. The van der Waals surface area contributed by atoms with E-state index in [1.54, 1.807) is 24.5 Å². The van der Waals surface area contributed by atoms with Crippen LogP contribution in [0.1, 0.15) is 15.9 Å². The Morgan fingerprint density at radius 3 is 2.56 bits per heavy atom. The second-order valence-corrected chi connectivity index (χ2v) is 7.99. The summed E-state index contributed by atoms with van der Waals surface area (Å²) in [6, 6.07) is 15.4. The molecular formula is C20H19BrN4OS. The number of amides is 1. The van der Waals surface area contributed by atoms with Crippen LogP contribution in [0.4, 0.5) is 5.82 Å². The molecule has 0 fully saturated rings. The fourth-order valence-electron chi connectivity index (χ4n) is 2.32. The summed E-state index contributed by atoms with van der Waals surface area (Å²) >= 11 is 4.89. The van der Waals surface area contributed by atoms with Crippen LogP contribution < -0.4 is 10.2 Å². The van der Waals surface area contributed by atoms with Gasteiger partial charge in [0.2, 0.25) is 0 Å². The van der Waals surface area contributed by atoms with Gasteiger partial charge < -0.3 is 10.2 Å². The van der Waals surface area contributed by atoms with Gasteiger partial charge >= 0.3 is 0 Å². The Morgan fingerprint density at radius 2 is 1.89 bits per heavy atom. The zero-order valence-electron chi connectivity index (χ0n) is 15.0. The van der Waals surface area contributed by atoms with Crippen LogP contribution in [-0.4, -0.2) is 30.0 Å². The predicted molar refractivity (Wildman–Crippen MR) is 112 cm³/mol. The van der Waals surface area contributed by atoms with Crippen LogP contribution in [0.25, 0.3) is 0 Å². The number of rotatable bonds is 6. The fraction of sp³-hybridized carbons (Fsp3) is 0.150. The second-order valence-electron chi connectivity index (χ2n) is 6.01. The number of anilines is 1. The van der Waals surface area contributed by atoms with Crippen LogP contribution in [0.2, 0.25) is 0 Å². The molecule has 0 unspecified atom stereocenters. The lowest BCUT2D eigenvalue weighted by Gasteiger charge is -2.12. The van der Waals surface area contributed by atoms with Gasteiger partial charge in [-0.2, -0.15) is 0 Å². The summed E-state index contributed by atoms with van der Waals surface area (Å²) in [5, 5.41) is 3.62. The maximum atomic E-state index is 12.7. The molecule has 0 saturated heterocycles. The van der Waals surface area contributed by atoms with Gasteiger partial charge in [-0.1, -0.05) is 33.8 Å². The first kappa shape index (κ1) is 19.4. The van der Waals surface area contributed by atoms with Crippen molar-refractivity contribution in [1.29, 1.82) is 0 Å². The van der Waals surface area contributed by atoms with Gasteiger partial charge in [-0.05, 0) is 48.0 Å². The molecule has 0 radical (unpaired) electrons. The summed E-state index contributed by atoms with van der Waals surface area (Å²) in [4.78, 5) is 24.4. The van der Waals surface area contributed by atoms with Crippen molar-refractivity contribution in [3.8, 4) is 0 Å². The van der Waals surface area contributed by atoms with Gasteiger partial charge in [0.25, 0.3) is 5.91 Å². The standard InChI is InChI=1S/C20H19BrN4OS/c1-25(2)18-10-5-14(12-23-18)13-24-19(26)17-4-3-11-22-20(17)27-16-8-6-15(21)7-9-16/h3-12H,13H2,1-2H3,(H,24,26). The lowest BCUT2D eigenvalue weighted by Crippen LogP contribution is -2.23. The van der Waals surface area contributed by atoms with Crippen molar-refractivity contribution in [1.82, 2.24) is 15.3 Å². The second kappa shape index (κ2) is 9.01. The van der Waals surface area contributed by atoms with Crippen molar-refractivity contribution >= 4 is 39.4 Å². The number of hydrogen-bond donors (Lipinski definition) is 1. The first-order valence-electron chi connectivity index (χ1n) is 8.32. The first-order valence-corrected chi connectivity index (χ1v) is 9.93. The molecule has 2 heterocycles. The summed E-state index contributed by atoms with van der Waals surface area (Å²) in [5.41, 5.74) is 1.50. The maximum Gasteiger partial charge on any atom is 0.254 e. The number of benzene rings is 1. The molecule has 0 aliphatic rings. The van der Waals surface area contributed by atoms with E-state index in [0.29, 0.717) is 17.1 Å². The van der Waals surface area contributed by atoms with E-state index in [1.165, 1.54) is 11.8 Å². The molecule has 27 heavy (non-hydrogen) atoms. The van der Waals surface area contributed by atoms with Crippen molar-refractivity contribution in [2.75, 3.05) is 19.0 Å². The average Bonchev–Trinajstić information content (AvgIpc) is 2.68. The Bertz CT molecular complexity index is 914. The topological polar surface area (TPSA) is 58.1 Å². The third-order valence-electron chi connectivity index (χ3n) is 3.76. The van der Waals surface area contributed by atoms with E-state index in [9.17, 15) is 4.79 Å². The van der Waals surface area contributed by atoms with Crippen molar-refractivity contribution in [3.63, 3.8) is 0 Å². The SMILES string of the molecule is CN(C)c1ccc(CNC(=O)c2cccnc2Sc2ccc(Br)cc2)cn1. The lowest BCUT2D eigenvalue weighted by atomic mass is 10.2. The highest BCUT2D eigenvalue weighted by atomic mass is 79.9. The van der Waals surface area contributed by atoms with E-state index in [0.717, 1.165) is 20.7 Å². The minimum atomic E-state index is -0.153. The van der Waals surface area contributed by atoms with Crippen molar-refractivity contribution < 1.29 is 4.79 Å². The molecule has 2 aromatic heterocycles. The van der Waals surface area contributed by atoms with Gasteiger partial charge in [-0.15, -0.1) is 0 Å². The number of halogens is 1. The molecule has 1 aromatic carbocycles. The molecule has 3 aromatic rings. The molecule has 0 aliphatic carbocycles. The van der Waals surface area contributed by atoms with E-state index >= 15 is 0 Å². The molecule has 3 rings (SSSR count). The summed E-state index contributed by atoms with van der Waals surface area (Å²) in [6.07, 6.45) is 3.47. The van der Waals surface area contributed by atoms with Crippen molar-refractivity contribution in [3.05, 3.63) is 76.5 Å².